The molecule has 2 N–H and O–H groups in total. The van der Waals surface area contributed by atoms with Gasteiger partial charge < -0.3 is 10.4 Å². The minimum atomic E-state index is 0.185. The van der Waals surface area contributed by atoms with Gasteiger partial charge in [0.25, 0.3) is 0 Å². The van der Waals surface area contributed by atoms with Crippen molar-refractivity contribution in [3.05, 3.63) is 29.2 Å². The Labute approximate surface area is 127 Å². The molecule has 0 bridgehead atoms. The van der Waals surface area contributed by atoms with Crippen LogP contribution >= 0.6 is 11.3 Å². The lowest BCUT2D eigenvalue weighted by molar-refractivity contribution is 0.183. The summed E-state index contributed by atoms with van der Waals surface area (Å²) in [6.45, 7) is 3.80. The van der Waals surface area contributed by atoms with Crippen molar-refractivity contribution < 1.29 is 5.11 Å². The second-order valence-corrected chi connectivity index (χ2v) is 6.00. The summed E-state index contributed by atoms with van der Waals surface area (Å²) in [5.41, 5.74) is 1.02. The van der Waals surface area contributed by atoms with Crippen LogP contribution in [0.2, 0.25) is 0 Å². The highest BCUT2D eigenvalue weighted by Gasteiger charge is 2.27. The molecule has 0 saturated carbocycles. The van der Waals surface area contributed by atoms with E-state index in [4.69, 9.17) is 0 Å². The van der Waals surface area contributed by atoms with Gasteiger partial charge in [-0.3, -0.25) is 4.90 Å². The van der Waals surface area contributed by atoms with Crippen molar-refractivity contribution in [3.8, 4) is 0 Å². The van der Waals surface area contributed by atoms with Gasteiger partial charge in [-0.15, -0.1) is 11.3 Å². The van der Waals surface area contributed by atoms with E-state index in [9.17, 15) is 5.11 Å². The smallest absolute Gasteiger partial charge is 0.188 e. The molecular weight excluding hydrogens is 286 g/mol. The molecule has 1 aliphatic rings. The zero-order chi connectivity index (χ0) is 14.7. The van der Waals surface area contributed by atoms with E-state index in [2.05, 4.69) is 25.2 Å². The number of β-amino-alcohol motifs (C(OH)–C–C–N with tert-alkyl or cyclic N) is 1. The minimum absolute atomic E-state index is 0.185. The van der Waals surface area contributed by atoms with E-state index >= 15 is 0 Å². The maximum absolute atomic E-state index is 9.18. The summed E-state index contributed by atoms with van der Waals surface area (Å²) in [6, 6.07) is 2.27. The van der Waals surface area contributed by atoms with Crippen molar-refractivity contribution in [2.45, 2.75) is 25.8 Å². The third kappa shape index (κ3) is 3.37. The third-order valence-electron chi connectivity index (χ3n) is 3.62. The highest BCUT2D eigenvalue weighted by molar-refractivity contribution is 7.13. The largest absolute Gasteiger partial charge is 0.395 e. The number of nitrogens with one attached hydrogen (secondary N) is 1. The van der Waals surface area contributed by atoms with E-state index in [1.807, 2.05) is 18.4 Å². The first-order chi connectivity index (χ1) is 10.3. The summed E-state index contributed by atoms with van der Waals surface area (Å²) in [7, 11) is 0. The molecule has 0 spiro atoms. The van der Waals surface area contributed by atoms with Gasteiger partial charge in [0.05, 0.1) is 18.3 Å². The Hall–Kier alpha value is -1.57. The molecule has 6 nitrogen and oxygen atoms in total. The maximum atomic E-state index is 9.18. The molecule has 3 rings (SSSR count). The predicted octanol–water partition coefficient (Wildman–Crippen LogP) is 2.11. The molecule has 1 aliphatic heterocycles. The lowest BCUT2D eigenvalue weighted by Gasteiger charge is -2.23. The number of aryl methyl sites for hydroxylation is 1. The van der Waals surface area contributed by atoms with Crippen molar-refractivity contribution in [2.24, 2.45) is 0 Å². The SMILES string of the molecule is Cc1nc(Nc2nccs2)cc([C@@H]2CCCN2CCO)n1. The normalized spacial score (nSPS) is 19.0. The zero-order valence-corrected chi connectivity index (χ0v) is 12.8. The van der Waals surface area contributed by atoms with Gasteiger partial charge in [-0.1, -0.05) is 0 Å². The van der Waals surface area contributed by atoms with Crippen LogP contribution in [0.15, 0.2) is 17.6 Å². The van der Waals surface area contributed by atoms with Gasteiger partial charge >= 0.3 is 0 Å². The number of anilines is 2. The molecule has 0 radical (unpaired) electrons. The first-order valence-corrected chi connectivity index (χ1v) is 8.01. The van der Waals surface area contributed by atoms with Crippen molar-refractivity contribution in [2.75, 3.05) is 25.0 Å². The average Bonchev–Trinajstić information content (AvgIpc) is 3.10. The Morgan fingerprint density at radius 2 is 2.38 bits per heavy atom. The number of nitrogens with zero attached hydrogens (tertiary/aromatic N) is 4. The van der Waals surface area contributed by atoms with E-state index in [1.165, 1.54) is 0 Å². The van der Waals surface area contributed by atoms with E-state index in [0.29, 0.717) is 6.54 Å². The van der Waals surface area contributed by atoms with E-state index in [0.717, 1.165) is 41.9 Å². The van der Waals surface area contributed by atoms with Crippen molar-refractivity contribution in [1.29, 1.82) is 0 Å². The molecular formula is C14H19N5OS. The van der Waals surface area contributed by atoms with Crippen molar-refractivity contribution in [1.82, 2.24) is 19.9 Å². The molecule has 0 amide bonds. The van der Waals surface area contributed by atoms with Crippen LogP contribution in [0.1, 0.15) is 30.4 Å². The van der Waals surface area contributed by atoms with Gasteiger partial charge in [-0.05, 0) is 26.3 Å². The summed E-state index contributed by atoms with van der Waals surface area (Å²) in [6.07, 6.45) is 3.98. The van der Waals surface area contributed by atoms with Crippen LogP contribution < -0.4 is 5.32 Å². The summed E-state index contributed by atoms with van der Waals surface area (Å²) in [5.74, 6) is 1.53. The standard InChI is InChI=1S/C14H19N5OS/c1-10-16-11(12-3-2-5-19(12)6-7-20)9-13(17-10)18-14-15-4-8-21-14/h4,8-9,12,20H,2-3,5-7H2,1H3,(H,15,16,17,18)/t12-/m0/s1. The second kappa shape index (κ2) is 6.46. The number of aromatic nitrogens is 3. The van der Waals surface area contributed by atoms with Crippen LogP contribution in [0.3, 0.4) is 0 Å². The Balaban J connectivity index is 1.83. The van der Waals surface area contributed by atoms with Gasteiger partial charge in [0.1, 0.15) is 11.6 Å². The van der Waals surface area contributed by atoms with Crippen LogP contribution in [-0.2, 0) is 0 Å². The monoisotopic (exact) mass is 305 g/mol. The first kappa shape index (κ1) is 14.4. The van der Waals surface area contributed by atoms with Crippen LogP contribution in [0.25, 0.3) is 0 Å². The summed E-state index contributed by atoms with van der Waals surface area (Å²) in [4.78, 5) is 15.5. The molecule has 1 fully saturated rings. The molecule has 2 aromatic rings. The second-order valence-electron chi connectivity index (χ2n) is 5.11. The van der Waals surface area contributed by atoms with Crippen molar-refractivity contribution >= 4 is 22.3 Å². The molecule has 0 aliphatic carbocycles. The van der Waals surface area contributed by atoms with Crippen LogP contribution in [-0.4, -0.2) is 44.7 Å². The predicted molar refractivity (Wildman–Crippen MR) is 82.8 cm³/mol. The van der Waals surface area contributed by atoms with E-state index in [-0.39, 0.29) is 12.6 Å². The van der Waals surface area contributed by atoms with Crippen LogP contribution in [0.5, 0.6) is 0 Å². The van der Waals surface area contributed by atoms with Crippen LogP contribution in [0, 0.1) is 6.92 Å². The Morgan fingerprint density at radius 1 is 1.48 bits per heavy atom. The highest BCUT2D eigenvalue weighted by atomic mass is 32.1. The number of aliphatic hydroxyl groups excluding tert-OH is 1. The molecule has 3 heterocycles. The number of rotatable bonds is 5. The van der Waals surface area contributed by atoms with Gasteiger partial charge in [-0.25, -0.2) is 15.0 Å². The third-order valence-corrected chi connectivity index (χ3v) is 4.31. The fourth-order valence-electron chi connectivity index (χ4n) is 2.78. The molecule has 0 unspecified atom stereocenters. The number of thiazole rings is 1. The zero-order valence-electron chi connectivity index (χ0n) is 12.0. The van der Waals surface area contributed by atoms with Gasteiger partial charge in [0.2, 0.25) is 0 Å². The molecule has 7 heteroatoms. The molecule has 21 heavy (non-hydrogen) atoms. The van der Waals surface area contributed by atoms with Crippen molar-refractivity contribution in [3.63, 3.8) is 0 Å². The lowest BCUT2D eigenvalue weighted by atomic mass is 10.1. The number of hydrogen-bond acceptors (Lipinski definition) is 7. The van der Waals surface area contributed by atoms with Gasteiger partial charge in [-0.2, -0.15) is 0 Å². The van der Waals surface area contributed by atoms with E-state index in [1.54, 1.807) is 17.5 Å². The summed E-state index contributed by atoms with van der Waals surface area (Å²) in [5, 5.41) is 15.2. The Bertz CT molecular complexity index is 589. The number of hydrogen-bond donors (Lipinski definition) is 2. The molecule has 1 saturated heterocycles. The fourth-order valence-corrected chi connectivity index (χ4v) is 3.31. The highest BCUT2D eigenvalue weighted by Crippen LogP contribution is 2.31. The molecule has 2 aromatic heterocycles. The topological polar surface area (TPSA) is 74.2 Å². The van der Waals surface area contributed by atoms with E-state index < -0.39 is 0 Å². The number of aliphatic hydroxyl groups is 1. The summed E-state index contributed by atoms with van der Waals surface area (Å²) >= 11 is 1.54. The fraction of sp³-hybridized carbons (Fsp3) is 0.500. The first-order valence-electron chi connectivity index (χ1n) is 7.13. The quantitative estimate of drug-likeness (QED) is 0.881. The van der Waals surface area contributed by atoms with Crippen LogP contribution in [0.4, 0.5) is 10.9 Å². The Morgan fingerprint density at radius 3 is 3.14 bits per heavy atom. The molecule has 1 atom stereocenters. The molecule has 112 valence electrons. The summed E-state index contributed by atoms with van der Waals surface area (Å²) < 4.78 is 0. The average molecular weight is 305 g/mol. The maximum Gasteiger partial charge on any atom is 0.188 e. The Kier molecular flexibility index (Phi) is 4.42. The van der Waals surface area contributed by atoms with Gasteiger partial charge in [0.15, 0.2) is 5.13 Å². The number of likely N-dealkylation sites (tertiary alicyclic amines) is 1. The lowest BCUT2D eigenvalue weighted by Crippen LogP contribution is -2.27. The molecule has 0 aromatic carbocycles. The minimum Gasteiger partial charge on any atom is -0.395 e. The van der Waals surface area contributed by atoms with Gasteiger partial charge in [0, 0.05) is 24.2 Å².